The van der Waals surface area contributed by atoms with Crippen LogP contribution in [-0.2, 0) is 9.59 Å². The van der Waals surface area contributed by atoms with Gasteiger partial charge in [0.2, 0.25) is 5.91 Å². The maximum Gasteiger partial charge on any atom is 0.405 e. The number of carboxylic acid groups (broad SMARTS) is 1. The highest BCUT2D eigenvalue weighted by molar-refractivity contribution is 7.99. The van der Waals surface area contributed by atoms with Crippen molar-refractivity contribution in [1.29, 1.82) is 0 Å². The average molecular weight is 530 g/mol. The van der Waals surface area contributed by atoms with Gasteiger partial charge in [-0.15, -0.1) is 11.8 Å². The molecule has 11 heteroatoms. The predicted octanol–water partition coefficient (Wildman–Crippen LogP) is 3.06. The van der Waals surface area contributed by atoms with E-state index < -0.39 is 12.1 Å². The van der Waals surface area contributed by atoms with Gasteiger partial charge in [0, 0.05) is 48.0 Å². The molecule has 3 amide bonds. The molecule has 2 saturated heterocycles. The number of benzene rings is 2. The van der Waals surface area contributed by atoms with E-state index in [1.807, 2.05) is 59.4 Å². The SMILES string of the molecule is CN1C=C2C(=O)N(C3CCN(C(=O)[C@@H](CSc4ccc5cc(Cl)ccc5c4)NC(=O)O)CC3)CN2C1. The highest BCUT2D eigenvalue weighted by Crippen LogP contribution is 2.30. The topological polar surface area (TPSA) is 96.4 Å². The van der Waals surface area contributed by atoms with Crippen molar-refractivity contribution in [3.63, 3.8) is 0 Å². The summed E-state index contributed by atoms with van der Waals surface area (Å²) >= 11 is 7.50. The van der Waals surface area contributed by atoms with Gasteiger partial charge in [-0.2, -0.15) is 0 Å². The molecule has 2 aromatic rings. The van der Waals surface area contributed by atoms with Crippen LogP contribution in [0.5, 0.6) is 0 Å². The molecule has 2 fully saturated rings. The van der Waals surface area contributed by atoms with Crippen LogP contribution in [0.2, 0.25) is 5.02 Å². The van der Waals surface area contributed by atoms with Crippen molar-refractivity contribution in [1.82, 2.24) is 24.9 Å². The van der Waals surface area contributed by atoms with Gasteiger partial charge in [0.15, 0.2) is 0 Å². The van der Waals surface area contributed by atoms with Crippen molar-refractivity contribution in [3.8, 4) is 0 Å². The van der Waals surface area contributed by atoms with Crippen molar-refractivity contribution < 1.29 is 19.5 Å². The molecule has 9 nitrogen and oxygen atoms in total. The predicted molar refractivity (Wildman–Crippen MR) is 138 cm³/mol. The maximum atomic E-state index is 13.3. The lowest BCUT2D eigenvalue weighted by molar-refractivity contribution is -0.135. The van der Waals surface area contributed by atoms with E-state index in [0.717, 1.165) is 21.4 Å². The van der Waals surface area contributed by atoms with E-state index in [0.29, 0.717) is 44.3 Å². The van der Waals surface area contributed by atoms with Gasteiger partial charge in [0.1, 0.15) is 11.7 Å². The Labute approximate surface area is 218 Å². The second kappa shape index (κ2) is 10.1. The van der Waals surface area contributed by atoms with Crippen LogP contribution in [0.3, 0.4) is 0 Å². The van der Waals surface area contributed by atoms with Crippen molar-refractivity contribution in [2.24, 2.45) is 0 Å². The first-order chi connectivity index (χ1) is 17.3. The van der Waals surface area contributed by atoms with E-state index in [2.05, 4.69) is 10.2 Å². The zero-order chi connectivity index (χ0) is 25.4. The third kappa shape index (κ3) is 5.05. The van der Waals surface area contributed by atoms with Crippen LogP contribution in [0.1, 0.15) is 12.8 Å². The molecule has 3 aliphatic heterocycles. The molecule has 3 aliphatic rings. The standard InChI is InChI=1S/C25H28ClN5O4S/c1-28-12-22-24(33)31(15-30(22)14-28)19-6-8-29(9-7-19)23(32)21(27-25(34)35)13-36-20-5-3-16-10-18(26)4-2-17(16)11-20/h2-5,10-12,19,21,27H,6-9,13-15H2,1H3,(H,34,35)/t21-/m1/s1. The van der Waals surface area contributed by atoms with E-state index in [1.165, 1.54) is 11.8 Å². The van der Waals surface area contributed by atoms with Gasteiger partial charge in [-0.1, -0.05) is 23.7 Å². The Balaban J connectivity index is 1.19. The van der Waals surface area contributed by atoms with Crippen molar-refractivity contribution in [2.45, 2.75) is 29.8 Å². The minimum absolute atomic E-state index is 0.0450. The highest BCUT2D eigenvalue weighted by atomic mass is 35.5. The molecule has 0 bridgehead atoms. The molecule has 0 aliphatic carbocycles. The number of amides is 3. The Morgan fingerprint density at radius 2 is 1.86 bits per heavy atom. The van der Waals surface area contributed by atoms with Crippen LogP contribution in [0.25, 0.3) is 10.8 Å². The zero-order valence-corrected chi connectivity index (χ0v) is 21.5. The number of hydrogen-bond acceptors (Lipinski definition) is 6. The summed E-state index contributed by atoms with van der Waals surface area (Å²) in [5.74, 6) is 0.100. The maximum absolute atomic E-state index is 13.3. The number of piperidine rings is 1. The Morgan fingerprint density at radius 1 is 1.14 bits per heavy atom. The quantitative estimate of drug-likeness (QED) is 0.555. The summed E-state index contributed by atoms with van der Waals surface area (Å²) in [5.41, 5.74) is 0.732. The Hall–Kier alpha value is -3.11. The van der Waals surface area contributed by atoms with Crippen LogP contribution >= 0.6 is 23.4 Å². The molecule has 2 aromatic carbocycles. The summed E-state index contributed by atoms with van der Waals surface area (Å²) in [4.78, 5) is 46.1. The van der Waals surface area contributed by atoms with Gasteiger partial charge in [-0.25, -0.2) is 4.79 Å². The van der Waals surface area contributed by atoms with E-state index in [-0.39, 0.29) is 23.6 Å². The molecule has 2 N–H and O–H groups in total. The molecule has 0 radical (unpaired) electrons. The van der Waals surface area contributed by atoms with Crippen molar-refractivity contribution in [2.75, 3.05) is 39.2 Å². The zero-order valence-electron chi connectivity index (χ0n) is 19.9. The average Bonchev–Trinajstić information content (AvgIpc) is 3.37. The number of halogens is 1. The summed E-state index contributed by atoms with van der Waals surface area (Å²) < 4.78 is 0. The number of carbonyl (C=O) groups is 3. The third-order valence-electron chi connectivity index (χ3n) is 6.88. The lowest BCUT2D eigenvalue weighted by Crippen LogP contribution is -2.54. The van der Waals surface area contributed by atoms with Crippen LogP contribution in [0.15, 0.2) is 53.2 Å². The van der Waals surface area contributed by atoms with E-state index in [1.54, 1.807) is 4.90 Å². The molecule has 1 atom stereocenters. The molecule has 0 spiro atoms. The van der Waals surface area contributed by atoms with Gasteiger partial charge >= 0.3 is 6.09 Å². The summed E-state index contributed by atoms with van der Waals surface area (Å²) in [5, 5.41) is 14.5. The van der Waals surface area contributed by atoms with Crippen LogP contribution in [0.4, 0.5) is 4.79 Å². The number of hydrogen-bond donors (Lipinski definition) is 2. The molecule has 190 valence electrons. The molecule has 3 heterocycles. The van der Waals surface area contributed by atoms with E-state index in [9.17, 15) is 19.5 Å². The van der Waals surface area contributed by atoms with Crippen LogP contribution in [-0.4, -0.2) is 93.9 Å². The van der Waals surface area contributed by atoms with Gasteiger partial charge in [-0.05, 0) is 47.9 Å². The fourth-order valence-electron chi connectivity index (χ4n) is 5.07. The molecule has 0 saturated carbocycles. The lowest BCUT2D eigenvalue weighted by Gasteiger charge is -2.37. The number of thioether (sulfide) groups is 1. The number of carbonyl (C=O) groups excluding carboxylic acids is 2. The second-order valence-corrected chi connectivity index (χ2v) is 10.9. The van der Waals surface area contributed by atoms with Crippen LogP contribution < -0.4 is 5.32 Å². The monoisotopic (exact) mass is 529 g/mol. The summed E-state index contributed by atoms with van der Waals surface area (Å²) in [6.07, 6.45) is 2.01. The molecule has 5 rings (SSSR count). The second-order valence-electron chi connectivity index (χ2n) is 9.39. The van der Waals surface area contributed by atoms with Crippen molar-refractivity contribution in [3.05, 3.63) is 53.3 Å². The van der Waals surface area contributed by atoms with Gasteiger partial charge in [-0.3, -0.25) is 9.59 Å². The minimum Gasteiger partial charge on any atom is -0.465 e. The summed E-state index contributed by atoms with van der Waals surface area (Å²) in [7, 11) is 1.95. The first-order valence-corrected chi connectivity index (χ1v) is 13.2. The Morgan fingerprint density at radius 3 is 2.58 bits per heavy atom. The van der Waals surface area contributed by atoms with Crippen LogP contribution in [0, 0.1) is 0 Å². The van der Waals surface area contributed by atoms with E-state index >= 15 is 0 Å². The fourth-order valence-corrected chi connectivity index (χ4v) is 6.21. The van der Waals surface area contributed by atoms with Gasteiger partial charge in [0.25, 0.3) is 5.91 Å². The lowest BCUT2D eigenvalue weighted by atomic mass is 10.0. The highest BCUT2D eigenvalue weighted by Gasteiger charge is 2.41. The van der Waals surface area contributed by atoms with Gasteiger partial charge in [0.05, 0.1) is 13.3 Å². The normalized spacial score (nSPS) is 19.1. The largest absolute Gasteiger partial charge is 0.465 e. The molecule has 0 unspecified atom stereocenters. The third-order valence-corrected chi connectivity index (χ3v) is 8.21. The molecular formula is C25H28ClN5O4S. The fraction of sp³-hybridized carbons (Fsp3) is 0.400. The first-order valence-electron chi connectivity index (χ1n) is 11.9. The Bertz CT molecular complexity index is 1230. The molecule has 36 heavy (non-hydrogen) atoms. The first kappa shape index (κ1) is 24.6. The summed E-state index contributed by atoms with van der Waals surface area (Å²) in [6, 6.07) is 10.8. The number of fused-ring (bicyclic) bond motifs is 2. The van der Waals surface area contributed by atoms with E-state index in [4.69, 9.17) is 11.6 Å². The number of likely N-dealkylation sites (tertiary alicyclic amines) is 1. The van der Waals surface area contributed by atoms with Crippen molar-refractivity contribution >= 4 is 52.0 Å². The Kier molecular flexibility index (Phi) is 6.90. The molecule has 0 aromatic heterocycles. The number of nitrogens with one attached hydrogen (secondary N) is 1. The number of nitrogens with zero attached hydrogens (tertiary/aromatic N) is 4. The minimum atomic E-state index is -1.22. The smallest absolute Gasteiger partial charge is 0.405 e. The van der Waals surface area contributed by atoms with Gasteiger partial charge < -0.3 is 30.0 Å². The molecular weight excluding hydrogens is 502 g/mol. The summed E-state index contributed by atoms with van der Waals surface area (Å²) in [6.45, 7) is 2.27. The number of rotatable bonds is 6.